The number of amides is 1. The largest absolute Gasteiger partial charge is 0.491 e. The van der Waals surface area contributed by atoms with Crippen molar-refractivity contribution in [2.45, 2.75) is 26.7 Å². The molecule has 2 aromatic carbocycles. The van der Waals surface area contributed by atoms with E-state index in [4.69, 9.17) is 4.74 Å². The number of fused-ring (bicyclic) bond motifs is 1. The van der Waals surface area contributed by atoms with Gasteiger partial charge in [0.15, 0.2) is 0 Å². The van der Waals surface area contributed by atoms with Gasteiger partial charge in [-0.15, -0.1) is 0 Å². The lowest BCUT2D eigenvalue weighted by molar-refractivity contribution is -0.120. The van der Waals surface area contributed by atoms with Gasteiger partial charge in [0.2, 0.25) is 5.91 Å². The van der Waals surface area contributed by atoms with E-state index in [-0.39, 0.29) is 5.91 Å². The van der Waals surface area contributed by atoms with Crippen LogP contribution >= 0.6 is 0 Å². The van der Waals surface area contributed by atoms with Crippen LogP contribution in [0.4, 0.5) is 0 Å². The minimum Gasteiger partial charge on any atom is -0.491 e. The van der Waals surface area contributed by atoms with E-state index in [1.165, 1.54) is 0 Å². The number of carbonyl (C=O) groups is 1. The van der Waals surface area contributed by atoms with Crippen LogP contribution in [0.5, 0.6) is 5.75 Å². The second kappa shape index (κ2) is 9.43. The Morgan fingerprint density at radius 1 is 1.03 bits per heavy atom. The number of ether oxygens (including phenoxy) is 1. The molecule has 1 N–H and O–H groups in total. The van der Waals surface area contributed by atoms with Crippen LogP contribution in [0.1, 0.15) is 23.4 Å². The fourth-order valence-corrected chi connectivity index (χ4v) is 3.65. The molecular formula is C25H26N4O2. The number of aryl methyl sites for hydroxylation is 1. The fourth-order valence-electron chi connectivity index (χ4n) is 3.65. The Kier molecular flexibility index (Phi) is 6.26. The zero-order valence-corrected chi connectivity index (χ0v) is 17.8. The zero-order valence-electron chi connectivity index (χ0n) is 17.8. The van der Waals surface area contributed by atoms with Gasteiger partial charge in [0.05, 0.1) is 24.4 Å². The number of benzene rings is 2. The number of pyridine rings is 1. The summed E-state index contributed by atoms with van der Waals surface area (Å²) in [5.74, 6) is 0.759. The smallest absolute Gasteiger partial charge is 0.224 e. The molecule has 4 aromatic rings. The fraction of sp³-hybridized carbons (Fsp3) is 0.240. The predicted octanol–water partition coefficient (Wildman–Crippen LogP) is 4.17. The van der Waals surface area contributed by atoms with Gasteiger partial charge < -0.3 is 10.1 Å². The van der Waals surface area contributed by atoms with Gasteiger partial charge in [-0.3, -0.25) is 9.78 Å². The average Bonchev–Trinajstić information content (AvgIpc) is 3.08. The highest BCUT2D eigenvalue weighted by molar-refractivity contribution is 5.84. The van der Waals surface area contributed by atoms with Gasteiger partial charge in [0.25, 0.3) is 0 Å². The SMILES string of the molecule is Cc1nn(-c2ccccc2)c(C)c1CC(=O)NCCCOc1cccc2cccnc12. The maximum atomic E-state index is 12.5. The lowest BCUT2D eigenvalue weighted by atomic mass is 10.1. The number of carbonyl (C=O) groups excluding carboxylic acids is 1. The Morgan fingerprint density at radius 3 is 2.68 bits per heavy atom. The number of rotatable bonds is 8. The number of aromatic nitrogens is 3. The van der Waals surface area contributed by atoms with Crippen molar-refractivity contribution in [3.8, 4) is 11.4 Å². The molecule has 0 unspecified atom stereocenters. The molecule has 0 radical (unpaired) electrons. The van der Waals surface area contributed by atoms with E-state index in [0.29, 0.717) is 19.6 Å². The van der Waals surface area contributed by atoms with E-state index >= 15 is 0 Å². The van der Waals surface area contributed by atoms with Crippen LogP contribution in [0.2, 0.25) is 0 Å². The first-order valence-electron chi connectivity index (χ1n) is 10.5. The molecule has 0 aliphatic carbocycles. The van der Waals surface area contributed by atoms with Crippen LogP contribution in [-0.2, 0) is 11.2 Å². The Labute approximate surface area is 181 Å². The maximum absolute atomic E-state index is 12.5. The molecular weight excluding hydrogens is 388 g/mol. The summed E-state index contributed by atoms with van der Waals surface area (Å²) in [6.45, 7) is 5.02. The molecule has 31 heavy (non-hydrogen) atoms. The van der Waals surface area contributed by atoms with Crippen molar-refractivity contribution in [2.24, 2.45) is 0 Å². The molecule has 2 heterocycles. The quantitative estimate of drug-likeness (QED) is 0.440. The Morgan fingerprint density at radius 2 is 1.84 bits per heavy atom. The molecule has 0 spiro atoms. The first kappa shape index (κ1) is 20.6. The van der Waals surface area contributed by atoms with Crippen LogP contribution < -0.4 is 10.1 Å². The summed E-state index contributed by atoms with van der Waals surface area (Å²) in [7, 11) is 0. The zero-order chi connectivity index (χ0) is 21.6. The number of para-hydroxylation sites is 2. The number of nitrogens with zero attached hydrogens (tertiary/aromatic N) is 3. The molecule has 0 bridgehead atoms. The van der Waals surface area contributed by atoms with E-state index < -0.39 is 0 Å². The average molecular weight is 415 g/mol. The normalized spacial score (nSPS) is 10.9. The summed E-state index contributed by atoms with van der Waals surface area (Å²) < 4.78 is 7.78. The Bertz CT molecular complexity index is 1180. The van der Waals surface area contributed by atoms with Gasteiger partial charge in [-0.25, -0.2) is 4.68 Å². The highest BCUT2D eigenvalue weighted by atomic mass is 16.5. The van der Waals surface area contributed by atoms with Crippen molar-refractivity contribution in [1.82, 2.24) is 20.1 Å². The van der Waals surface area contributed by atoms with E-state index in [1.807, 2.05) is 79.2 Å². The number of hydrogen-bond donors (Lipinski definition) is 1. The highest BCUT2D eigenvalue weighted by Crippen LogP contribution is 2.23. The van der Waals surface area contributed by atoms with Crippen LogP contribution in [0, 0.1) is 13.8 Å². The molecule has 0 fully saturated rings. The van der Waals surface area contributed by atoms with Crippen LogP contribution in [0.3, 0.4) is 0 Å². The summed E-state index contributed by atoms with van der Waals surface area (Å²) in [5.41, 5.74) is 4.69. The van der Waals surface area contributed by atoms with Gasteiger partial charge in [-0.2, -0.15) is 5.10 Å². The minimum absolute atomic E-state index is 0.00867. The molecule has 0 saturated carbocycles. The van der Waals surface area contributed by atoms with Gasteiger partial charge in [-0.1, -0.05) is 36.4 Å². The molecule has 158 valence electrons. The Hall–Kier alpha value is -3.67. The molecule has 6 heteroatoms. The molecule has 6 nitrogen and oxygen atoms in total. The number of hydrogen-bond acceptors (Lipinski definition) is 4. The molecule has 4 rings (SSSR count). The second-order valence-electron chi connectivity index (χ2n) is 7.46. The van der Waals surface area contributed by atoms with Crippen molar-refractivity contribution in [1.29, 1.82) is 0 Å². The van der Waals surface area contributed by atoms with E-state index in [2.05, 4.69) is 15.4 Å². The van der Waals surface area contributed by atoms with Gasteiger partial charge in [-0.05, 0) is 44.5 Å². The van der Waals surface area contributed by atoms with Crippen LogP contribution in [-0.4, -0.2) is 33.8 Å². The third kappa shape index (κ3) is 4.74. The van der Waals surface area contributed by atoms with Crippen molar-refractivity contribution < 1.29 is 9.53 Å². The minimum atomic E-state index is -0.00867. The molecule has 0 aliphatic rings. The Balaban J connectivity index is 1.28. The summed E-state index contributed by atoms with van der Waals surface area (Å²) >= 11 is 0. The summed E-state index contributed by atoms with van der Waals surface area (Å²) in [6.07, 6.45) is 2.80. The standard InChI is InChI=1S/C25H26N4O2/c1-18-22(19(2)29(28-18)21-11-4-3-5-12-21)17-24(30)26-15-8-16-31-23-13-6-9-20-10-7-14-27-25(20)23/h3-7,9-14H,8,15-17H2,1-2H3,(H,26,30). The van der Waals surface area contributed by atoms with Crippen molar-refractivity contribution >= 4 is 16.8 Å². The molecule has 0 atom stereocenters. The van der Waals surface area contributed by atoms with Gasteiger partial charge in [0, 0.05) is 29.4 Å². The van der Waals surface area contributed by atoms with Gasteiger partial charge >= 0.3 is 0 Å². The maximum Gasteiger partial charge on any atom is 0.224 e. The monoisotopic (exact) mass is 414 g/mol. The van der Waals surface area contributed by atoms with Crippen molar-refractivity contribution in [3.05, 3.63) is 83.8 Å². The highest BCUT2D eigenvalue weighted by Gasteiger charge is 2.15. The summed E-state index contributed by atoms with van der Waals surface area (Å²) in [4.78, 5) is 16.9. The topological polar surface area (TPSA) is 69.0 Å². The third-order valence-electron chi connectivity index (χ3n) is 5.28. The summed E-state index contributed by atoms with van der Waals surface area (Å²) in [6, 6.07) is 19.8. The predicted molar refractivity (Wildman–Crippen MR) is 122 cm³/mol. The third-order valence-corrected chi connectivity index (χ3v) is 5.28. The molecule has 1 amide bonds. The van der Waals surface area contributed by atoms with E-state index in [1.54, 1.807) is 6.20 Å². The molecule has 2 aromatic heterocycles. The second-order valence-corrected chi connectivity index (χ2v) is 7.46. The van der Waals surface area contributed by atoms with Gasteiger partial charge in [0.1, 0.15) is 11.3 Å². The lowest BCUT2D eigenvalue weighted by Crippen LogP contribution is -2.27. The van der Waals surface area contributed by atoms with Crippen molar-refractivity contribution in [3.63, 3.8) is 0 Å². The lowest BCUT2D eigenvalue weighted by Gasteiger charge is -2.09. The first-order chi connectivity index (χ1) is 15.1. The van der Waals surface area contributed by atoms with E-state index in [9.17, 15) is 4.79 Å². The molecule has 0 saturated heterocycles. The summed E-state index contributed by atoms with van der Waals surface area (Å²) in [5, 5.41) is 8.65. The van der Waals surface area contributed by atoms with Crippen molar-refractivity contribution in [2.75, 3.05) is 13.2 Å². The van der Waals surface area contributed by atoms with Crippen LogP contribution in [0.15, 0.2) is 66.9 Å². The van der Waals surface area contributed by atoms with Crippen LogP contribution in [0.25, 0.3) is 16.6 Å². The molecule has 0 aliphatic heterocycles. The van der Waals surface area contributed by atoms with E-state index in [0.717, 1.165) is 45.7 Å². The first-order valence-corrected chi connectivity index (χ1v) is 10.5. The number of nitrogens with one attached hydrogen (secondary N) is 1.